The fourth-order valence-electron chi connectivity index (χ4n) is 0.957. The molecule has 0 aliphatic carbocycles. The van der Waals surface area contributed by atoms with Gasteiger partial charge in [0.1, 0.15) is 6.04 Å². The molecule has 0 aromatic heterocycles. The van der Waals surface area contributed by atoms with Gasteiger partial charge in [-0.1, -0.05) is 0 Å². The van der Waals surface area contributed by atoms with E-state index >= 15 is 0 Å². The largest absolute Gasteiger partial charge is 0.504 e. The summed E-state index contributed by atoms with van der Waals surface area (Å²) in [6, 6.07) is 3.03. The first-order valence-electron chi connectivity index (χ1n) is 4.76. The van der Waals surface area contributed by atoms with Gasteiger partial charge in [-0.2, -0.15) is 5.10 Å². The minimum atomic E-state index is -1.03. The number of aliphatic hydroxyl groups is 1. The van der Waals surface area contributed by atoms with Crippen LogP contribution in [0.5, 0.6) is 11.5 Å². The number of benzene rings is 1. The predicted octanol–water partition coefficient (Wildman–Crippen LogP) is -1.13. The maximum Gasteiger partial charge on any atom is 0.259 e. The minimum Gasteiger partial charge on any atom is -0.504 e. The van der Waals surface area contributed by atoms with Gasteiger partial charge >= 0.3 is 0 Å². The van der Waals surface area contributed by atoms with Crippen LogP contribution in [0.2, 0.25) is 0 Å². The van der Waals surface area contributed by atoms with Crippen LogP contribution in [-0.2, 0) is 4.79 Å². The van der Waals surface area contributed by atoms with Crippen LogP contribution in [0.1, 0.15) is 5.56 Å². The van der Waals surface area contributed by atoms with Crippen LogP contribution in [0.3, 0.4) is 0 Å². The lowest BCUT2D eigenvalue weighted by atomic mass is 10.2. The number of aliphatic hydroxyl groups excluding tert-OH is 1. The number of nitrogens with one attached hydrogen (secondary N) is 1. The summed E-state index contributed by atoms with van der Waals surface area (Å²) < 4.78 is 0. The normalized spacial score (nSPS) is 12.6. The van der Waals surface area contributed by atoms with Crippen molar-refractivity contribution in [3.8, 4) is 11.5 Å². The molecular weight excluding hydrogens is 226 g/mol. The molecular formula is C10H13N3O4. The molecule has 7 heteroatoms. The zero-order valence-electron chi connectivity index (χ0n) is 8.87. The van der Waals surface area contributed by atoms with Gasteiger partial charge in [-0.3, -0.25) is 4.79 Å². The van der Waals surface area contributed by atoms with Crippen LogP contribution in [0, 0.1) is 0 Å². The molecule has 92 valence electrons. The van der Waals surface area contributed by atoms with Gasteiger partial charge in [0.2, 0.25) is 0 Å². The molecule has 0 fully saturated rings. The summed E-state index contributed by atoms with van der Waals surface area (Å²) in [5.74, 6) is -1.15. The van der Waals surface area contributed by atoms with Crippen LogP contribution in [0.15, 0.2) is 23.3 Å². The van der Waals surface area contributed by atoms with Crippen molar-refractivity contribution in [2.45, 2.75) is 6.04 Å². The van der Waals surface area contributed by atoms with Gasteiger partial charge in [0.05, 0.1) is 12.8 Å². The molecule has 0 spiro atoms. The molecule has 0 saturated carbocycles. The molecule has 1 aromatic carbocycles. The Kier molecular flexibility index (Phi) is 4.44. The lowest BCUT2D eigenvalue weighted by molar-refractivity contribution is -0.123. The van der Waals surface area contributed by atoms with Crippen molar-refractivity contribution < 1.29 is 20.1 Å². The van der Waals surface area contributed by atoms with Gasteiger partial charge in [0.15, 0.2) is 11.5 Å². The summed E-state index contributed by atoms with van der Waals surface area (Å²) >= 11 is 0. The number of aromatic hydroxyl groups is 2. The Morgan fingerprint density at radius 3 is 2.76 bits per heavy atom. The molecule has 0 bridgehead atoms. The number of carbonyl (C=O) groups is 1. The van der Waals surface area contributed by atoms with E-state index in [0.29, 0.717) is 5.56 Å². The Bertz CT molecular complexity index is 434. The van der Waals surface area contributed by atoms with Gasteiger partial charge in [-0.15, -0.1) is 0 Å². The van der Waals surface area contributed by atoms with Gasteiger partial charge in [-0.25, -0.2) is 5.43 Å². The molecule has 6 N–H and O–H groups in total. The Labute approximate surface area is 97.2 Å². The summed E-state index contributed by atoms with van der Waals surface area (Å²) in [4.78, 5) is 11.1. The first-order chi connectivity index (χ1) is 8.04. The number of amides is 1. The lowest BCUT2D eigenvalue weighted by Crippen LogP contribution is -2.40. The monoisotopic (exact) mass is 239 g/mol. The summed E-state index contributed by atoms with van der Waals surface area (Å²) in [6.07, 6.45) is 1.27. The van der Waals surface area contributed by atoms with Crippen molar-refractivity contribution in [3.63, 3.8) is 0 Å². The Balaban J connectivity index is 2.59. The highest BCUT2D eigenvalue weighted by Crippen LogP contribution is 2.23. The van der Waals surface area contributed by atoms with E-state index in [1.165, 1.54) is 24.4 Å². The van der Waals surface area contributed by atoms with E-state index in [1.807, 2.05) is 0 Å². The fourth-order valence-corrected chi connectivity index (χ4v) is 0.957. The van der Waals surface area contributed by atoms with Crippen LogP contribution >= 0.6 is 0 Å². The smallest absolute Gasteiger partial charge is 0.259 e. The topological polar surface area (TPSA) is 128 Å². The van der Waals surface area contributed by atoms with Gasteiger partial charge in [-0.05, 0) is 23.8 Å². The van der Waals surface area contributed by atoms with E-state index in [4.69, 9.17) is 15.9 Å². The first-order valence-corrected chi connectivity index (χ1v) is 4.76. The molecule has 0 aliphatic rings. The highest BCUT2D eigenvalue weighted by molar-refractivity contribution is 5.85. The molecule has 0 saturated heterocycles. The van der Waals surface area contributed by atoms with Crippen molar-refractivity contribution in [1.82, 2.24) is 5.43 Å². The molecule has 1 rings (SSSR count). The Morgan fingerprint density at radius 1 is 1.47 bits per heavy atom. The van der Waals surface area contributed by atoms with Crippen molar-refractivity contribution in [2.75, 3.05) is 6.61 Å². The second kappa shape index (κ2) is 5.83. The van der Waals surface area contributed by atoms with Gasteiger partial charge in [0.25, 0.3) is 5.91 Å². The molecule has 1 amide bonds. The maximum absolute atomic E-state index is 11.1. The number of phenolic OH excluding ortho intramolecular Hbond substituents is 2. The fraction of sp³-hybridized carbons (Fsp3) is 0.200. The summed E-state index contributed by atoms with van der Waals surface area (Å²) in [7, 11) is 0. The molecule has 1 aromatic rings. The van der Waals surface area contributed by atoms with Gasteiger partial charge in [0, 0.05) is 0 Å². The molecule has 17 heavy (non-hydrogen) atoms. The zero-order valence-corrected chi connectivity index (χ0v) is 8.87. The predicted molar refractivity (Wildman–Crippen MR) is 60.6 cm³/mol. The van der Waals surface area contributed by atoms with E-state index in [9.17, 15) is 9.90 Å². The van der Waals surface area contributed by atoms with E-state index in [0.717, 1.165) is 0 Å². The number of phenols is 2. The van der Waals surface area contributed by atoms with Gasteiger partial charge < -0.3 is 21.1 Å². The van der Waals surface area contributed by atoms with Crippen LogP contribution in [-0.4, -0.2) is 40.1 Å². The average molecular weight is 239 g/mol. The van der Waals surface area contributed by atoms with Crippen molar-refractivity contribution >= 4 is 12.1 Å². The number of nitrogens with zero attached hydrogens (tertiary/aromatic N) is 1. The number of hydrogen-bond donors (Lipinski definition) is 5. The lowest BCUT2D eigenvalue weighted by Gasteiger charge is -2.04. The molecule has 0 heterocycles. The molecule has 1 atom stereocenters. The maximum atomic E-state index is 11.1. The number of hydrazone groups is 1. The summed E-state index contributed by atoms with van der Waals surface area (Å²) in [6.45, 7) is -0.471. The summed E-state index contributed by atoms with van der Waals surface area (Å²) in [5, 5.41) is 30.4. The molecule has 7 nitrogen and oxygen atoms in total. The average Bonchev–Trinajstić information content (AvgIpc) is 2.32. The molecule has 0 aliphatic heterocycles. The van der Waals surface area contributed by atoms with Crippen LogP contribution in [0.4, 0.5) is 0 Å². The first kappa shape index (κ1) is 12.9. The number of hydrogen-bond acceptors (Lipinski definition) is 6. The second-order valence-corrected chi connectivity index (χ2v) is 3.27. The molecule has 0 unspecified atom stereocenters. The third-order valence-electron chi connectivity index (χ3n) is 1.92. The minimum absolute atomic E-state index is 0.242. The standard InChI is InChI=1S/C10H13N3O4/c11-7(5-14)10(17)13-12-4-6-1-2-8(15)9(16)3-6/h1-4,7,14-16H,5,11H2,(H,13,17)/t7-/m0/s1. The Morgan fingerprint density at radius 2 is 2.18 bits per heavy atom. The Hall–Kier alpha value is -2.12. The van der Waals surface area contributed by atoms with E-state index < -0.39 is 18.6 Å². The number of carbonyl (C=O) groups excluding carboxylic acids is 1. The van der Waals surface area contributed by atoms with Crippen LogP contribution < -0.4 is 11.2 Å². The van der Waals surface area contributed by atoms with Crippen LogP contribution in [0.25, 0.3) is 0 Å². The highest BCUT2D eigenvalue weighted by Gasteiger charge is 2.09. The van der Waals surface area contributed by atoms with Crippen molar-refractivity contribution in [2.24, 2.45) is 10.8 Å². The van der Waals surface area contributed by atoms with Crippen molar-refractivity contribution in [1.29, 1.82) is 0 Å². The quantitative estimate of drug-likeness (QED) is 0.258. The second-order valence-electron chi connectivity index (χ2n) is 3.27. The number of nitrogens with two attached hydrogens (primary N) is 1. The zero-order chi connectivity index (χ0) is 12.8. The summed E-state index contributed by atoms with van der Waals surface area (Å²) in [5.41, 5.74) is 7.83. The van der Waals surface area contributed by atoms with E-state index in [1.54, 1.807) is 0 Å². The number of rotatable bonds is 4. The SMILES string of the molecule is N[C@@H](CO)C(=O)NN=Cc1ccc(O)c(O)c1. The van der Waals surface area contributed by atoms with Crippen molar-refractivity contribution in [3.05, 3.63) is 23.8 Å². The molecule has 0 radical (unpaired) electrons. The third-order valence-corrected chi connectivity index (χ3v) is 1.92. The highest BCUT2D eigenvalue weighted by atomic mass is 16.3. The van der Waals surface area contributed by atoms with E-state index in [-0.39, 0.29) is 11.5 Å². The third kappa shape index (κ3) is 3.74. The van der Waals surface area contributed by atoms with E-state index in [2.05, 4.69) is 10.5 Å².